The first kappa shape index (κ1) is 20.2. The molecular weight excluding hydrogens is 378 g/mol. The van der Waals surface area contributed by atoms with Crippen molar-refractivity contribution in [2.75, 3.05) is 25.0 Å². The van der Waals surface area contributed by atoms with E-state index in [-0.39, 0.29) is 11.8 Å². The summed E-state index contributed by atoms with van der Waals surface area (Å²) in [5.41, 5.74) is 3.08. The number of aromatic nitrogens is 1. The van der Waals surface area contributed by atoms with Crippen molar-refractivity contribution in [3.05, 3.63) is 53.7 Å². The normalized spacial score (nSPS) is 18.4. The highest BCUT2D eigenvalue weighted by atomic mass is 16.5. The summed E-state index contributed by atoms with van der Waals surface area (Å²) in [5.74, 6) is 2.29. The number of carbonyl (C=O) groups excluding carboxylic acids is 1. The molecule has 30 heavy (non-hydrogen) atoms. The van der Waals surface area contributed by atoms with Crippen LogP contribution in [-0.2, 0) is 11.3 Å². The van der Waals surface area contributed by atoms with Crippen LogP contribution in [0.15, 0.2) is 47.6 Å². The molecule has 2 aliphatic rings. The molecule has 7 heteroatoms. The summed E-state index contributed by atoms with van der Waals surface area (Å²) in [6, 6.07) is 11.9. The van der Waals surface area contributed by atoms with Gasteiger partial charge in [-0.2, -0.15) is 0 Å². The topological polar surface area (TPSA) is 87.6 Å². The summed E-state index contributed by atoms with van der Waals surface area (Å²) in [6.07, 6.45) is 4.82. The zero-order valence-electron chi connectivity index (χ0n) is 17.4. The Morgan fingerprint density at radius 2 is 2.10 bits per heavy atom. The maximum absolute atomic E-state index is 12.0. The summed E-state index contributed by atoms with van der Waals surface area (Å²) in [4.78, 5) is 21.1. The molecule has 0 bridgehead atoms. The van der Waals surface area contributed by atoms with E-state index in [2.05, 4.69) is 32.0 Å². The minimum Gasteiger partial charge on any atom is -0.477 e. The van der Waals surface area contributed by atoms with E-state index in [0.717, 1.165) is 35.9 Å². The molecule has 3 N–H and O–H groups in total. The maximum atomic E-state index is 12.0. The molecule has 0 saturated heterocycles. The fourth-order valence-electron chi connectivity index (χ4n) is 3.49. The van der Waals surface area contributed by atoms with E-state index in [1.807, 2.05) is 43.5 Å². The first-order valence-electron chi connectivity index (χ1n) is 10.7. The molecule has 4 rings (SSSR count). The van der Waals surface area contributed by atoms with Gasteiger partial charge in [0.2, 0.25) is 11.8 Å². The highest BCUT2D eigenvalue weighted by molar-refractivity contribution is 5.94. The number of amides is 1. The lowest BCUT2D eigenvalue weighted by molar-refractivity contribution is -0.116. The quantitative estimate of drug-likeness (QED) is 0.462. The van der Waals surface area contributed by atoms with Gasteiger partial charge in [0, 0.05) is 43.4 Å². The van der Waals surface area contributed by atoms with Crippen LogP contribution in [0, 0.1) is 5.92 Å². The molecule has 1 atom stereocenters. The molecule has 7 nitrogen and oxygen atoms in total. The summed E-state index contributed by atoms with van der Waals surface area (Å²) >= 11 is 0. The molecule has 1 unspecified atom stereocenters. The van der Waals surface area contributed by atoms with Crippen molar-refractivity contribution in [3.63, 3.8) is 0 Å². The number of nitrogens with one attached hydrogen (secondary N) is 3. The number of benzene rings is 1. The van der Waals surface area contributed by atoms with E-state index in [1.54, 1.807) is 0 Å². The Labute approximate surface area is 177 Å². The van der Waals surface area contributed by atoms with Crippen LogP contribution in [0.2, 0.25) is 0 Å². The van der Waals surface area contributed by atoms with Crippen molar-refractivity contribution in [3.8, 4) is 5.88 Å². The maximum Gasteiger partial charge on any atom is 0.225 e. The molecule has 1 aliphatic heterocycles. The van der Waals surface area contributed by atoms with Crippen molar-refractivity contribution in [1.29, 1.82) is 0 Å². The van der Waals surface area contributed by atoms with Gasteiger partial charge in [0.15, 0.2) is 5.96 Å². The van der Waals surface area contributed by atoms with Gasteiger partial charge in [-0.1, -0.05) is 24.3 Å². The fourth-order valence-corrected chi connectivity index (χ4v) is 3.49. The Hall–Kier alpha value is -3.09. The van der Waals surface area contributed by atoms with Gasteiger partial charge in [-0.25, -0.2) is 9.98 Å². The van der Waals surface area contributed by atoms with E-state index in [0.29, 0.717) is 31.3 Å². The number of ether oxygens (including phenoxy) is 1. The third kappa shape index (κ3) is 5.49. The molecule has 1 aromatic carbocycles. The van der Waals surface area contributed by atoms with Crippen molar-refractivity contribution in [1.82, 2.24) is 15.6 Å². The van der Waals surface area contributed by atoms with Gasteiger partial charge in [0.25, 0.3) is 0 Å². The van der Waals surface area contributed by atoms with E-state index in [9.17, 15) is 4.79 Å². The van der Waals surface area contributed by atoms with Crippen LogP contribution in [0.5, 0.6) is 5.88 Å². The van der Waals surface area contributed by atoms with Crippen LogP contribution in [-0.4, -0.2) is 36.5 Å². The molecule has 1 fully saturated rings. The molecule has 158 valence electrons. The molecule has 1 aliphatic carbocycles. The largest absolute Gasteiger partial charge is 0.477 e. The molecule has 1 amide bonds. The standard InChI is InChI=1S/C23H29N5O2/c1-2-24-23(26-13-17-9-10-22(25-12-17)30-15-16-7-8-16)27-14-18-11-21(29)28-20-6-4-3-5-19(18)20/h3-6,9-10,12,16,18H,2,7-8,11,13-15H2,1H3,(H,28,29)(H2,24,26,27). The number of aliphatic imine (C=N–C) groups is 1. The molecule has 2 heterocycles. The Bertz CT molecular complexity index is 893. The Morgan fingerprint density at radius 1 is 1.23 bits per heavy atom. The van der Waals surface area contributed by atoms with Crippen LogP contribution in [0.3, 0.4) is 0 Å². The lowest BCUT2D eigenvalue weighted by atomic mass is 9.90. The smallest absolute Gasteiger partial charge is 0.225 e. The zero-order chi connectivity index (χ0) is 20.8. The van der Waals surface area contributed by atoms with Gasteiger partial charge in [-0.05, 0) is 42.9 Å². The number of para-hydroxylation sites is 1. The average molecular weight is 408 g/mol. The van der Waals surface area contributed by atoms with Crippen LogP contribution < -0.4 is 20.7 Å². The second-order valence-corrected chi connectivity index (χ2v) is 7.87. The molecular formula is C23H29N5O2. The van der Waals surface area contributed by atoms with Crippen molar-refractivity contribution in [2.24, 2.45) is 10.9 Å². The number of guanidine groups is 1. The number of carbonyl (C=O) groups is 1. The van der Waals surface area contributed by atoms with Gasteiger partial charge in [0.1, 0.15) is 0 Å². The minimum absolute atomic E-state index is 0.0532. The van der Waals surface area contributed by atoms with Crippen molar-refractivity contribution in [2.45, 2.75) is 38.6 Å². The number of pyridine rings is 1. The minimum atomic E-state index is 0.0532. The zero-order valence-corrected chi connectivity index (χ0v) is 17.4. The highest BCUT2D eigenvalue weighted by Crippen LogP contribution is 2.31. The molecule has 2 aromatic rings. The fraction of sp³-hybridized carbons (Fsp3) is 0.435. The lowest BCUT2D eigenvalue weighted by Gasteiger charge is -2.26. The second kappa shape index (κ2) is 9.61. The third-order valence-corrected chi connectivity index (χ3v) is 5.35. The van der Waals surface area contributed by atoms with Gasteiger partial charge in [-0.15, -0.1) is 0 Å². The Kier molecular flexibility index (Phi) is 6.47. The van der Waals surface area contributed by atoms with Crippen LogP contribution in [0.1, 0.15) is 43.2 Å². The first-order chi connectivity index (χ1) is 14.7. The number of hydrogen-bond donors (Lipinski definition) is 3. The van der Waals surface area contributed by atoms with E-state index in [4.69, 9.17) is 4.74 Å². The van der Waals surface area contributed by atoms with E-state index >= 15 is 0 Å². The van der Waals surface area contributed by atoms with Crippen molar-refractivity contribution < 1.29 is 9.53 Å². The summed E-state index contributed by atoms with van der Waals surface area (Å²) in [6.45, 7) is 4.73. The molecule has 0 radical (unpaired) electrons. The summed E-state index contributed by atoms with van der Waals surface area (Å²) < 4.78 is 5.69. The monoisotopic (exact) mass is 407 g/mol. The Morgan fingerprint density at radius 3 is 2.87 bits per heavy atom. The first-order valence-corrected chi connectivity index (χ1v) is 10.7. The second-order valence-electron chi connectivity index (χ2n) is 7.87. The number of anilines is 1. The van der Waals surface area contributed by atoms with Gasteiger partial charge >= 0.3 is 0 Å². The number of nitrogens with zero attached hydrogens (tertiary/aromatic N) is 2. The highest BCUT2D eigenvalue weighted by Gasteiger charge is 2.24. The van der Waals surface area contributed by atoms with Crippen LogP contribution >= 0.6 is 0 Å². The van der Waals surface area contributed by atoms with Crippen molar-refractivity contribution >= 4 is 17.6 Å². The van der Waals surface area contributed by atoms with Gasteiger partial charge < -0.3 is 20.7 Å². The predicted octanol–water partition coefficient (Wildman–Crippen LogP) is 3.05. The van der Waals surface area contributed by atoms with Crippen LogP contribution in [0.25, 0.3) is 0 Å². The average Bonchev–Trinajstić information content (AvgIpc) is 3.59. The molecule has 1 aromatic heterocycles. The number of hydrogen-bond acceptors (Lipinski definition) is 4. The van der Waals surface area contributed by atoms with Gasteiger partial charge in [-0.3, -0.25) is 4.79 Å². The SMILES string of the molecule is CCNC(=NCc1ccc(OCC2CC2)nc1)NCC1CC(=O)Nc2ccccc21. The predicted molar refractivity (Wildman–Crippen MR) is 118 cm³/mol. The lowest BCUT2D eigenvalue weighted by Crippen LogP contribution is -2.40. The summed E-state index contributed by atoms with van der Waals surface area (Å²) in [7, 11) is 0. The number of fused-ring (bicyclic) bond motifs is 1. The van der Waals surface area contributed by atoms with Crippen LogP contribution in [0.4, 0.5) is 5.69 Å². The molecule has 1 saturated carbocycles. The molecule has 0 spiro atoms. The van der Waals surface area contributed by atoms with E-state index < -0.39 is 0 Å². The van der Waals surface area contributed by atoms with Gasteiger partial charge in [0.05, 0.1) is 13.2 Å². The third-order valence-electron chi connectivity index (χ3n) is 5.35. The summed E-state index contributed by atoms with van der Waals surface area (Å²) in [5, 5.41) is 9.60. The Balaban J connectivity index is 1.34. The number of rotatable bonds is 8. The van der Waals surface area contributed by atoms with E-state index in [1.165, 1.54) is 12.8 Å².